The van der Waals surface area contributed by atoms with Gasteiger partial charge in [0.2, 0.25) is 5.82 Å². The first kappa shape index (κ1) is 26.6. The van der Waals surface area contributed by atoms with Crippen LogP contribution in [0.15, 0.2) is 43.2 Å². The first-order valence-corrected chi connectivity index (χ1v) is 13.1. The van der Waals surface area contributed by atoms with E-state index in [1.807, 2.05) is 12.1 Å². The Morgan fingerprint density at radius 1 is 1.13 bits per heavy atom. The van der Waals surface area contributed by atoms with E-state index in [4.69, 9.17) is 4.74 Å². The molecule has 0 amide bonds. The van der Waals surface area contributed by atoms with Crippen molar-refractivity contribution in [1.82, 2.24) is 30.4 Å². The molecule has 3 N–H and O–H groups in total. The van der Waals surface area contributed by atoms with E-state index < -0.39 is 12.0 Å². The molecule has 2 unspecified atom stereocenters. The fourth-order valence-electron chi connectivity index (χ4n) is 5.21. The third-order valence-electron chi connectivity index (χ3n) is 7.24. The summed E-state index contributed by atoms with van der Waals surface area (Å²) < 4.78 is 44.7. The van der Waals surface area contributed by atoms with Crippen LogP contribution in [0.5, 0.6) is 0 Å². The molecule has 38 heavy (non-hydrogen) atoms. The number of aromatic nitrogens is 2. The van der Waals surface area contributed by atoms with Crippen LogP contribution >= 0.6 is 0 Å². The van der Waals surface area contributed by atoms with Crippen molar-refractivity contribution in [3.63, 3.8) is 0 Å². The van der Waals surface area contributed by atoms with Gasteiger partial charge in [-0.1, -0.05) is 24.8 Å². The molecule has 0 radical (unpaired) electrons. The molecule has 3 aliphatic heterocycles. The fraction of sp³-hybridized carbons (Fsp3) is 0.481. The van der Waals surface area contributed by atoms with Crippen LogP contribution in [-0.2, 0) is 10.9 Å². The summed E-state index contributed by atoms with van der Waals surface area (Å²) in [7, 11) is 0. The number of alkyl halides is 3. The standard InChI is InChI=1S/C27H34F3N7O/c1-19(21-4-2-5-23-22(21)6-7-25(35-23)37-11-8-31-9-12-37)32-18-24(36-10-3-14-38-15-13-36)20-16-33-26(34-17-20)27(28,29)30/h2,4-7,16-17,24-25,31-32,35H,1,3,8-15,18H2. The third-order valence-corrected chi connectivity index (χ3v) is 7.24. The Labute approximate surface area is 221 Å². The monoisotopic (exact) mass is 529 g/mol. The van der Waals surface area contributed by atoms with Gasteiger partial charge in [0.15, 0.2) is 0 Å². The average molecular weight is 530 g/mol. The van der Waals surface area contributed by atoms with E-state index >= 15 is 0 Å². The lowest BCUT2D eigenvalue weighted by Gasteiger charge is -2.36. The zero-order valence-corrected chi connectivity index (χ0v) is 21.3. The quantitative estimate of drug-likeness (QED) is 0.505. The van der Waals surface area contributed by atoms with Gasteiger partial charge in [0, 0.05) is 92.9 Å². The van der Waals surface area contributed by atoms with Crippen LogP contribution in [0.3, 0.4) is 0 Å². The van der Waals surface area contributed by atoms with Gasteiger partial charge < -0.3 is 20.7 Å². The maximum atomic E-state index is 13.0. The van der Waals surface area contributed by atoms with Crippen molar-refractivity contribution < 1.29 is 17.9 Å². The normalized spacial score (nSPS) is 21.7. The molecular weight excluding hydrogens is 495 g/mol. The maximum absolute atomic E-state index is 13.0. The van der Waals surface area contributed by atoms with E-state index in [-0.39, 0.29) is 12.2 Å². The van der Waals surface area contributed by atoms with Gasteiger partial charge in [0.05, 0.1) is 18.8 Å². The second-order valence-electron chi connectivity index (χ2n) is 9.72. The molecule has 3 aliphatic rings. The predicted molar refractivity (Wildman–Crippen MR) is 141 cm³/mol. The van der Waals surface area contributed by atoms with E-state index in [2.05, 4.69) is 60.5 Å². The number of rotatable bonds is 7. The second kappa shape index (κ2) is 11.8. The topological polar surface area (TPSA) is 77.6 Å². The smallest absolute Gasteiger partial charge is 0.383 e. The van der Waals surface area contributed by atoms with Crippen molar-refractivity contribution in [2.45, 2.75) is 24.8 Å². The highest BCUT2D eigenvalue weighted by atomic mass is 19.4. The number of nitrogens with one attached hydrogen (secondary N) is 3. The SMILES string of the molecule is C=C(NCC(c1cnc(C(F)(F)F)nc1)N1CCCOCC1)c1cccc2c1C=CC(N1CCNCC1)N2. The second-order valence-corrected chi connectivity index (χ2v) is 9.72. The highest BCUT2D eigenvalue weighted by molar-refractivity contribution is 5.82. The Hall–Kier alpha value is -2.99. The summed E-state index contributed by atoms with van der Waals surface area (Å²) in [5, 5.41) is 10.5. The summed E-state index contributed by atoms with van der Waals surface area (Å²) in [6, 6.07) is 5.88. The van der Waals surface area contributed by atoms with E-state index in [0.717, 1.165) is 61.7 Å². The Balaban J connectivity index is 1.31. The van der Waals surface area contributed by atoms with Gasteiger partial charge in [-0.3, -0.25) is 9.80 Å². The molecule has 1 aromatic carbocycles. The van der Waals surface area contributed by atoms with Crippen LogP contribution in [0, 0.1) is 0 Å². The van der Waals surface area contributed by atoms with E-state index in [1.54, 1.807) is 0 Å². The zero-order chi connectivity index (χ0) is 26.5. The summed E-state index contributed by atoms with van der Waals surface area (Å²) >= 11 is 0. The molecule has 204 valence electrons. The summed E-state index contributed by atoms with van der Waals surface area (Å²) in [6.45, 7) is 11.3. The molecule has 5 rings (SSSR count). The van der Waals surface area contributed by atoms with Gasteiger partial charge in [-0.05, 0) is 18.6 Å². The number of nitrogens with zero attached hydrogens (tertiary/aromatic N) is 4. The van der Waals surface area contributed by atoms with Crippen LogP contribution in [0.1, 0.15) is 35.0 Å². The fourth-order valence-corrected chi connectivity index (χ4v) is 5.21. The number of benzene rings is 1. The highest BCUT2D eigenvalue weighted by Crippen LogP contribution is 2.31. The minimum atomic E-state index is -4.57. The average Bonchev–Trinajstić information content (AvgIpc) is 3.22. The first-order chi connectivity index (χ1) is 18.4. The predicted octanol–water partition coefficient (Wildman–Crippen LogP) is 3.19. The number of fused-ring (bicyclic) bond motifs is 1. The van der Waals surface area contributed by atoms with Crippen LogP contribution in [0.2, 0.25) is 0 Å². The molecular formula is C27H34F3N7O. The molecule has 11 heteroatoms. The molecule has 1 aromatic heterocycles. The Bertz CT molecular complexity index is 1120. The number of anilines is 1. The van der Waals surface area contributed by atoms with E-state index in [0.29, 0.717) is 31.9 Å². The van der Waals surface area contributed by atoms with Crippen molar-refractivity contribution in [1.29, 1.82) is 0 Å². The van der Waals surface area contributed by atoms with Gasteiger partial charge >= 0.3 is 6.18 Å². The van der Waals surface area contributed by atoms with Crippen molar-refractivity contribution in [3.8, 4) is 0 Å². The van der Waals surface area contributed by atoms with Crippen LogP contribution in [0.25, 0.3) is 11.8 Å². The largest absolute Gasteiger partial charge is 0.451 e. The van der Waals surface area contributed by atoms with Gasteiger partial charge in [-0.15, -0.1) is 0 Å². The first-order valence-electron chi connectivity index (χ1n) is 13.1. The molecule has 2 atom stereocenters. The molecule has 0 spiro atoms. The maximum Gasteiger partial charge on any atom is 0.451 e. The van der Waals surface area contributed by atoms with Crippen LogP contribution < -0.4 is 16.0 Å². The van der Waals surface area contributed by atoms with Crippen molar-refractivity contribution in [2.75, 3.05) is 64.3 Å². The molecule has 0 bridgehead atoms. The van der Waals surface area contributed by atoms with Gasteiger partial charge in [0.25, 0.3) is 0 Å². The minimum Gasteiger partial charge on any atom is -0.383 e. The zero-order valence-electron chi connectivity index (χ0n) is 21.3. The highest BCUT2D eigenvalue weighted by Gasteiger charge is 2.35. The molecule has 8 nitrogen and oxygen atoms in total. The van der Waals surface area contributed by atoms with E-state index in [1.165, 1.54) is 12.4 Å². The van der Waals surface area contributed by atoms with Crippen LogP contribution in [-0.4, -0.2) is 85.0 Å². The van der Waals surface area contributed by atoms with Gasteiger partial charge in [-0.2, -0.15) is 13.2 Å². The number of halogens is 3. The van der Waals surface area contributed by atoms with Crippen molar-refractivity contribution in [2.24, 2.45) is 0 Å². The third kappa shape index (κ3) is 6.17. The lowest BCUT2D eigenvalue weighted by atomic mass is 9.99. The lowest BCUT2D eigenvalue weighted by Crippen LogP contribution is -2.50. The van der Waals surface area contributed by atoms with Crippen molar-refractivity contribution in [3.05, 3.63) is 65.8 Å². The number of ether oxygens (including phenoxy) is 1. The number of hydrogen-bond donors (Lipinski definition) is 3. The van der Waals surface area contributed by atoms with Gasteiger partial charge in [-0.25, -0.2) is 9.97 Å². The summed E-state index contributed by atoms with van der Waals surface area (Å²) in [5.74, 6) is -1.13. The Kier molecular flexibility index (Phi) is 8.27. The summed E-state index contributed by atoms with van der Waals surface area (Å²) in [6.07, 6.45) is 3.31. The van der Waals surface area contributed by atoms with Gasteiger partial charge in [0.1, 0.15) is 0 Å². The van der Waals surface area contributed by atoms with Crippen molar-refractivity contribution >= 4 is 17.5 Å². The molecule has 4 heterocycles. The van der Waals surface area contributed by atoms with E-state index in [9.17, 15) is 13.2 Å². The summed E-state index contributed by atoms with van der Waals surface area (Å²) in [4.78, 5) is 11.8. The number of hydrogen-bond acceptors (Lipinski definition) is 8. The molecule has 0 saturated carbocycles. The minimum absolute atomic E-state index is 0.149. The molecule has 2 saturated heterocycles. The molecule has 0 aliphatic carbocycles. The summed E-state index contributed by atoms with van der Waals surface area (Å²) in [5.41, 5.74) is 4.46. The Morgan fingerprint density at radius 3 is 2.68 bits per heavy atom. The number of piperazine rings is 1. The molecule has 2 fully saturated rings. The Morgan fingerprint density at radius 2 is 1.92 bits per heavy atom. The van der Waals surface area contributed by atoms with Crippen LogP contribution in [0.4, 0.5) is 18.9 Å². The lowest BCUT2D eigenvalue weighted by molar-refractivity contribution is -0.145. The molecule has 2 aromatic rings.